The number of likely N-dealkylation sites (N-methyl/N-ethyl adjacent to an activating group) is 1. The minimum Gasteiger partial charge on any atom is -0.444 e. The molecule has 1 rings (SSSR count). The molecule has 5 nitrogen and oxygen atoms in total. The number of hydrogen-bond acceptors (Lipinski definition) is 3. The van der Waals surface area contributed by atoms with Crippen LogP contribution < -0.4 is 5.32 Å². The van der Waals surface area contributed by atoms with E-state index < -0.39 is 17.7 Å². The van der Waals surface area contributed by atoms with Gasteiger partial charge >= 0.3 is 6.09 Å². The summed E-state index contributed by atoms with van der Waals surface area (Å²) < 4.78 is 5.38. The van der Waals surface area contributed by atoms with Gasteiger partial charge in [-0.15, -0.1) is 0 Å². The fourth-order valence-corrected chi connectivity index (χ4v) is 2.25. The number of carbonyl (C=O) groups excluding carboxylic acids is 2. The molecule has 5 heteroatoms. The highest BCUT2D eigenvalue weighted by atomic mass is 16.6. The number of amides is 2. The maximum atomic E-state index is 12.6. The average molecular weight is 334 g/mol. The van der Waals surface area contributed by atoms with Gasteiger partial charge in [0.15, 0.2) is 0 Å². The Labute approximate surface area is 145 Å². The van der Waals surface area contributed by atoms with Gasteiger partial charge in [0.1, 0.15) is 11.6 Å². The molecule has 0 saturated heterocycles. The number of rotatable bonds is 6. The maximum Gasteiger partial charge on any atom is 0.410 e. The van der Waals surface area contributed by atoms with Crippen molar-refractivity contribution in [3.63, 3.8) is 0 Å². The first-order chi connectivity index (χ1) is 11.1. The van der Waals surface area contributed by atoms with Gasteiger partial charge in [-0.25, -0.2) is 4.79 Å². The van der Waals surface area contributed by atoms with Gasteiger partial charge in [-0.05, 0) is 38.7 Å². The molecule has 0 radical (unpaired) electrons. The summed E-state index contributed by atoms with van der Waals surface area (Å²) in [6, 6.07) is 9.15. The van der Waals surface area contributed by atoms with Crippen LogP contribution in [0.1, 0.15) is 46.6 Å². The van der Waals surface area contributed by atoms with Gasteiger partial charge in [0.05, 0.1) is 0 Å². The van der Waals surface area contributed by atoms with Crippen molar-refractivity contribution < 1.29 is 14.3 Å². The molecule has 2 amide bonds. The van der Waals surface area contributed by atoms with Crippen molar-refractivity contribution in [1.29, 1.82) is 0 Å². The molecule has 0 saturated carbocycles. The van der Waals surface area contributed by atoms with E-state index in [1.54, 1.807) is 7.05 Å². The molecular formula is C19H30N2O3. The molecule has 0 unspecified atom stereocenters. The van der Waals surface area contributed by atoms with Crippen molar-refractivity contribution in [2.24, 2.45) is 5.92 Å². The average Bonchev–Trinajstić information content (AvgIpc) is 2.48. The van der Waals surface area contributed by atoms with E-state index in [0.717, 1.165) is 5.56 Å². The Hall–Kier alpha value is -2.04. The van der Waals surface area contributed by atoms with Crippen LogP contribution in [-0.4, -0.2) is 35.6 Å². The van der Waals surface area contributed by atoms with Gasteiger partial charge in [0.25, 0.3) is 0 Å². The number of carbonyl (C=O) groups is 2. The summed E-state index contributed by atoms with van der Waals surface area (Å²) in [7, 11) is 1.61. The lowest BCUT2D eigenvalue weighted by Crippen LogP contribution is -2.49. The Bertz CT molecular complexity index is 535. The molecule has 0 fully saturated rings. The summed E-state index contributed by atoms with van der Waals surface area (Å²) in [6.45, 7) is 9.93. The van der Waals surface area contributed by atoms with Crippen LogP contribution in [0.3, 0.4) is 0 Å². The van der Waals surface area contributed by atoms with E-state index in [0.29, 0.717) is 13.0 Å². The van der Waals surface area contributed by atoms with Crippen molar-refractivity contribution in [2.45, 2.75) is 59.2 Å². The zero-order valence-electron chi connectivity index (χ0n) is 15.6. The Morgan fingerprint density at radius 2 is 1.75 bits per heavy atom. The number of nitrogens with one attached hydrogen (secondary N) is 1. The van der Waals surface area contributed by atoms with E-state index in [1.807, 2.05) is 65.0 Å². The normalized spacial score (nSPS) is 12.6. The highest BCUT2D eigenvalue weighted by Crippen LogP contribution is 2.15. The van der Waals surface area contributed by atoms with Crippen molar-refractivity contribution in [3.05, 3.63) is 35.9 Å². The third-order valence-electron chi connectivity index (χ3n) is 3.46. The molecule has 1 atom stereocenters. The number of benzene rings is 1. The largest absolute Gasteiger partial charge is 0.444 e. The molecular weight excluding hydrogens is 304 g/mol. The van der Waals surface area contributed by atoms with E-state index in [9.17, 15) is 9.59 Å². The molecule has 1 aromatic rings. The van der Waals surface area contributed by atoms with Gasteiger partial charge in [0, 0.05) is 13.6 Å². The summed E-state index contributed by atoms with van der Waals surface area (Å²) in [5.74, 6) is 0.114. The first kappa shape index (κ1) is 20.0. The van der Waals surface area contributed by atoms with Gasteiger partial charge in [0.2, 0.25) is 5.91 Å². The van der Waals surface area contributed by atoms with E-state index in [2.05, 4.69) is 5.32 Å². The number of hydrogen-bond donors (Lipinski definition) is 1. The fourth-order valence-electron chi connectivity index (χ4n) is 2.25. The van der Waals surface area contributed by atoms with Crippen LogP contribution in [-0.2, 0) is 16.1 Å². The van der Waals surface area contributed by atoms with Crippen molar-refractivity contribution in [3.8, 4) is 0 Å². The van der Waals surface area contributed by atoms with Crippen LogP contribution in [0.2, 0.25) is 0 Å². The minimum atomic E-state index is -0.589. The molecule has 0 aliphatic heterocycles. The summed E-state index contributed by atoms with van der Waals surface area (Å²) >= 11 is 0. The molecule has 0 bridgehead atoms. The lowest BCUT2D eigenvalue weighted by atomic mass is 10.0. The smallest absolute Gasteiger partial charge is 0.410 e. The number of ether oxygens (including phenoxy) is 1. The van der Waals surface area contributed by atoms with Gasteiger partial charge in [-0.2, -0.15) is 0 Å². The zero-order chi connectivity index (χ0) is 18.3. The van der Waals surface area contributed by atoms with E-state index in [4.69, 9.17) is 4.74 Å². The van der Waals surface area contributed by atoms with Gasteiger partial charge in [-0.3, -0.25) is 9.69 Å². The van der Waals surface area contributed by atoms with Crippen molar-refractivity contribution in [2.75, 3.05) is 7.05 Å². The highest BCUT2D eigenvalue weighted by Gasteiger charge is 2.30. The van der Waals surface area contributed by atoms with Crippen LogP contribution >= 0.6 is 0 Å². The summed E-state index contributed by atoms with van der Waals surface area (Å²) in [5.41, 5.74) is 0.433. The third-order valence-corrected chi connectivity index (χ3v) is 3.46. The van der Waals surface area contributed by atoms with E-state index >= 15 is 0 Å². The second kappa shape index (κ2) is 8.71. The predicted molar refractivity (Wildman–Crippen MR) is 95.5 cm³/mol. The molecule has 1 aromatic carbocycles. The zero-order valence-corrected chi connectivity index (χ0v) is 15.6. The SMILES string of the molecule is CC(C)C[C@H](C(=O)NCc1ccccc1)N(C)C(=O)OC(C)(C)C. The topological polar surface area (TPSA) is 58.6 Å². The monoisotopic (exact) mass is 334 g/mol. The lowest BCUT2D eigenvalue weighted by molar-refractivity contribution is -0.126. The van der Waals surface area contributed by atoms with Gasteiger partial charge < -0.3 is 10.1 Å². The second-order valence-corrected chi connectivity index (χ2v) is 7.44. The molecule has 0 heterocycles. The Morgan fingerprint density at radius 3 is 2.25 bits per heavy atom. The molecule has 24 heavy (non-hydrogen) atoms. The molecule has 134 valence electrons. The van der Waals surface area contributed by atoms with Crippen LogP contribution in [0.15, 0.2) is 30.3 Å². The Balaban J connectivity index is 2.75. The predicted octanol–water partition coefficient (Wildman–Crippen LogP) is 3.58. The van der Waals surface area contributed by atoms with Crippen LogP contribution in [0.4, 0.5) is 4.79 Å². The van der Waals surface area contributed by atoms with Crippen molar-refractivity contribution in [1.82, 2.24) is 10.2 Å². The van der Waals surface area contributed by atoms with Crippen LogP contribution in [0, 0.1) is 5.92 Å². The third kappa shape index (κ3) is 7.02. The van der Waals surface area contributed by atoms with E-state index in [-0.39, 0.29) is 11.8 Å². The maximum absolute atomic E-state index is 12.6. The first-order valence-corrected chi connectivity index (χ1v) is 8.37. The molecule has 1 N–H and O–H groups in total. The van der Waals surface area contributed by atoms with Crippen LogP contribution in [0.25, 0.3) is 0 Å². The van der Waals surface area contributed by atoms with Gasteiger partial charge in [-0.1, -0.05) is 44.2 Å². The highest BCUT2D eigenvalue weighted by molar-refractivity contribution is 5.85. The first-order valence-electron chi connectivity index (χ1n) is 8.37. The Kier molecular flexibility index (Phi) is 7.26. The summed E-state index contributed by atoms with van der Waals surface area (Å²) in [4.78, 5) is 26.3. The molecule has 0 aliphatic carbocycles. The number of nitrogens with zero attached hydrogens (tertiary/aromatic N) is 1. The van der Waals surface area contributed by atoms with Crippen molar-refractivity contribution >= 4 is 12.0 Å². The Morgan fingerprint density at radius 1 is 1.17 bits per heavy atom. The lowest BCUT2D eigenvalue weighted by Gasteiger charge is -2.31. The van der Waals surface area contributed by atoms with E-state index in [1.165, 1.54) is 4.90 Å². The molecule has 0 aliphatic rings. The summed E-state index contributed by atoms with van der Waals surface area (Å²) in [6.07, 6.45) is 0.0964. The standard InChI is InChI=1S/C19H30N2O3/c1-14(2)12-16(21(6)18(23)24-19(3,4)5)17(22)20-13-15-10-8-7-9-11-15/h7-11,14,16H,12-13H2,1-6H3,(H,20,22)/t16-/m1/s1. The fraction of sp³-hybridized carbons (Fsp3) is 0.579. The van der Waals surface area contributed by atoms with Crippen LogP contribution in [0.5, 0.6) is 0 Å². The molecule has 0 spiro atoms. The minimum absolute atomic E-state index is 0.166. The second-order valence-electron chi connectivity index (χ2n) is 7.44. The summed E-state index contributed by atoms with van der Waals surface area (Å²) in [5, 5.41) is 2.91. The quantitative estimate of drug-likeness (QED) is 0.865. The molecule has 0 aromatic heterocycles.